The van der Waals surface area contributed by atoms with Crippen molar-refractivity contribution >= 4 is 23.1 Å². The molecule has 4 heteroatoms. The summed E-state index contributed by atoms with van der Waals surface area (Å²) in [4.78, 5) is 24.4. The third-order valence-corrected chi connectivity index (χ3v) is 8.00. The van der Waals surface area contributed by atoms with Crippen LogP contribution in [0.4, 0.5) is 11.4 Å². The zero-order chi connectivity index (χ0) is 23.0. The predicted octanol–water partition coefficient (Wildman–Crippen LogP) is 6.49. The summed E-state index contributed by atoms with van der Waals surface area (Å²) in [6.45, 7) is 8.56. The Kier molecular flexibility index (Phi) is 6.13. The number of rotatable bonds is 3. The monoisotopic (exact) mass is 443 g/mol. The highest BCUT2D eigenvalue weighted by Gasteiger charge is 2.60. The largest absolute Gasteiger partial charge is 0.293 e. The fourth-order valence-electron chi connectivity index (χ4n) is 6.57. The molecule has 174 valence electrons. The number of para-hydroxylation sites is 1. The molecular formula is C29H37N3O. The van der Waals surface area contributed by atoms with Gasteiger partial charge in [-0.3, -0.25) is 14.6 Å². The standard InChI is InChI=1S/C29H37N3O/c1-21-19-22(2)25(23(3)20-21)30-27-26(31-17-11-6-12-18-31)29(15-9-5-10-16-29)28(33)32(27)24-13-7-4-8-14-24/h4,7-8,13-14,19-20,26H,5-6,9-12,15-18H2,1-3H3/t26-/m0/s1. The van der Waals surface area contributed by atoms with E-state index in [0.29, 0.717) is 0 Å². The molecule has 33 heavy (non-hydrogen) atoms. The topological polar surface area (TPSA) is 35.9 Å². The zero-order valence-corrected chi connectivity index (χ0v) is 20.4. The Morgan fingerprint density at radius 1 is 0.848 bits per heavy atom. The number of piperidine rings is 1. The second-order valence-electron chi connectivity index (χ2n) is 10.4. The van der Waals surface area contributed by atoms with Gasteiger partial charge in [-0.05, 0) is 82.8 Å². The van der Waals surface area contributed by atoms with E-state index in [-0.39, 0.29) is 17.4 Å². The smallest absolute Gasteiger partial charge is 0.240 e. The second kappa shape index (κ2) is 9.06. The molecule has 4 nitrogen and oxygen atoms in total. The van der Waals surface area contributed by atoms with E-state index in [0.717, 1.165) is 56.0 Å². The summed E-state index contributed by atoms with van der Waals surface area (Å²) in [6.07, 6.45) is 9.15. The molecule has 2 saturated heterocycles. The molecule has 1 amide bonds. The van der Waals surface area contributed by atoms with Crippen LogP contribution in [0.5, 0.6) is 0 Å². The molecule has 1 aliphatic carbocycles. The molecule has 0 N–H and O–H groups in total. The highest BCUT2D eigenvalue weighted by molar-refractivity contribution is 6.27. The molecule has 1 saturated carbocycles. The van der Waals surface area contributed by atoms with Gasteiger partial charge in [0.1, 0.15) is 5.84 Å². The summed E-state index contributed by atoms with van der Waals surface area (Å²) in [5.41, 5.74) is 5.25. The maximum atomic E-state index is 14.4. The number of likely N-dealkylation sites (tertiary alicyclic amines) is 1. The summed E-state index contributed by atoms with van der Waals surface area (Å²) in [6, 6.07) is 14.7. The Hall–Kier alpha value is -2.46. The first kappa shape index (κ1) is 22.3. The second-order valence-corrected chi connectivity index (χ2v) is 10.4. The fourth-order valence-corrected chi connectivity index (χ4v) is 6.57. The summed E-state index contributed by atoms with van der Waals surface area (Å²) >= 11 is 0. The van der Waals surface area contributed by atoms with Crippen molar-refractivity contribution in [2.75, 3.05) is 18.0 Å². The number of carbonyl (C=O) groups excluding carboxylic acids is 1. The number of benzene rings is 2. The molecule has 5 rings (SSSR count). The molecule has 0 aromatic heterocycles. The molecule has 1 atom stereocenters. The van der Waals surface area contributed by atoms with Crippen LogP contribution in [0, 0.1) is 26.2 Å². The predicted molar refractivity (Wildman–Crippen MR) is 136 cm³/mol. The maximum absolute atomic E-state index is 14.4. The van der Waals surface area contributed by atoms with E-state index >= 15 is 0 Å². The average Bonchev–Trinajstić information content (AvgIpc) is 3.05. The van der Waals surface area contributed by atoms with Crippen molar-refractivity contribution in [2.45, 2.75) is 78.2 Å². The van der Waals surface area contributed by atoms with Gasteiger partial charge in [0.25, 0.3) is 0 Å². The van der Waals surface area contributed by atoms with Gasteiger partial charge in [-0.25, -0.2) is 4.99 Å². The van der Waals surface area contributed by atoms with Gasteiger partial charge in [-0.1, -0.05) is 61.6 Å². The number of carbonyl (C=O) groups is 1. The van der Waals surface area contributed by atoms with E-state index in [4.69, 9.17) is 4.99 Å². The van der Waals surface area contributed by atoms with Gasteiger partial charge in [-0.15, -0.1) is 0 Å². The van der Waals surface area contributed by atoms with Crippen molar-refractivity contribution in [3.05, 3.63) is 59.2 Å². The molecule has 1 spiro atoms. The molecule has 0 bridgehead atoms. The molecule has 2 aromatic rings. The molecule has 3 aliphatic rings. The minimum atomic E-state index is -0.350. The van der Waals surface area contributed by atoms with Crippen LogP contribution in [0.1, 0.15) is 68.1 Å². The SMILES string of the molecule is Cc1cc(C)c(N=C2[C@H](N3CCCCC3)C3(CCCCC3)C(=O)N2c2ccccc2)c(C)c1. The number of anilines is 1. The van der Waals surface area contributed by atoms with Crippen LogP contribution in [0.15, 0.2) is 47.5 Å². The Bertz CT molecular complexity index is 1020. The average molecular weight is 444 g/mol. The minimum Gasteiger partial charge on any atom is -0.293 e. The lowest BCUT2D eigenvalue weighted by Crippen LogP contribution is -2.52. The lowest BCUT2D eigenvalue weighted by molar-refractivity contribution is -0.130. The van der Waals surface area contributed by atoms with Gasteiger partial charge in [0.15, 0.2) is 0 Å². The van der Waals surface area contributed by atoms with Crippen LogP contribution in [0.2, 0.25) is 0 Å². The first-order chi connectivity index (χ1) is 16.0. The Labute approximate surface area is 198 Å². The Balaban J connectivity index is 1.72. The highest BCUT2D eigenvalue weighted by atomic mass is 16.2. The molecule has 0 unspecified atom stereocenters. The number of nitrogens with zero attached hydrogens (tertiary/aromatic N) is 3. The molecule has 2 aromatic carbocycles. The third kappa shape index (κ3) is 3.93. The normalized spacial score (nSPS) is 24.7. The minimum absolute atomic E-state index is 0.0610. The van der Waals surface area contributed by atoms with E-state index in [9.17, 15) is 4.79 Å². The van der Waals surface area contributed by atoms with Gasteiger partial charge in [0.2, 0.25) is 5.91 Å². The van der Waals surface area contributed by atoms with Crippen molar-refractivity contribution < 1.29 is 4.79 Å². The van der Waals surface area contributed by atoms with Crippen LogP contribution in [0.25, 0.3) is 0 Å². The number of aliphatic imine (C=N–C) groups is 1. The van der Waals surface area contributed by atoms with Crippen LogP contribution < -0.4 is 4.90 Å². The van der Waals surface area contributed by atoms with E-state index in [1.165, 1.54) is 42.4 Å². The summed E-state index contributed by atoms with van der Waals surface area (Å²) in [5.74, 6) is 1.22. The van der Waals surface area contributed by atoms with Gasteiger partial charge in [-0.2, -0.15) is 0 Å². The Morgan fingerprint density at radius 2 is 1.45 bits per heavy atom. The summed E-state index contributed by atoms with van der Waals surface area (Å²) in [5, 5.41) is 0. The van der Waals surface area contributed by atoms with Crippen molar-refractivity contribution in [1.29, 1.82) is 0 Å². The lowest BCUT2D eigenvalue weighted by atomic mass is 9.69. The number of amides is 1. The van der Waals surface area contributed by atoms with Crippen LogP contribution in [-0.2, 0) is 4.79 Å². The first-order valence-corrected chi connectivity index (χ1v) is 12.8. The van der Waals surface area contributed by atoms with Crippen molar-refractivity contribution in [3.63, 3.8) is 0 Å². The molecule has 3 fully saturated rings. The van der Waals surface area contributed by atoms with E-state index in [1.807, 2.05) is 23.1 Å². The van der Waals surface area contributed by atoms with E-state index in [1.54, 1.807) is 0 Å². The van der Waals surface area contributed by atoms with E-state index in [2.05, 4.69) is 49.9 Å². The molecule has 0 radical (unpaired) electrons. The zero-order valence-electron chi connectivity index (χ0n) is 20.4. The highest BCUT2D eigenvalue weighted by Crippen LogP contribution is 2.50. The number of aryl methyl sites for hydroxylation is 3. The number of amidine groups is 1. The molecular weight excluding hydrogens is 406 g/mol. The van der Waals surface area contributed by atoms with Gasteiger partial charge in [0.05, 0.1) is 22.8 Å². The first-order valence-electron chi connectivity index (χ1n) is 12.8. The lowest BCUT2D eigenvalue weighted by Gasteiger charge is -2.42. The van der Waals surface area contributed by atoms with Crippen molar-refractivity contribution in [3.8, 4) is 0 Å². The fraction of sp³-hybridized carbons (Fsp3) is 0.517. The quantitative estimate of drug-likeness (QED) is 0.543. The molecule has 2 heterocycles. The molecule has 2 aliphatic heterocycles. The van der Waals surface area contributed by atoms with Crippen LogP contribution in [0.3, 0.4) is 0 Å². The number of hydrogen-bond donors (Lipinski definition) is 0. The number of hydrogen-bond acceptors (Lipinski definition) is 3. The summed E-state index contributed by atoms with van der Waals surface area (Å²) < 4.78 is 0. The summed E-state index contributed by atoms with van der Waals surface area (Å²) in [7, 11) is 0. The van der Waals surface area contributed by atoms with Gasteiger partial charge < -0.3 is 0 Å². The third-order valence-electron chi connectivity index (χ3n) is 8.00. The van der Waals surface area contributed by atoms with Crippen LogP contribution in [-0.4, -0.2) is 35.8 Å². The Morgan fingerprint density at radius 3 is 2.09 bits per heavy atom. The van der Waals surface area contributed by atoms with Crippen molar-refractivity contribution in [1.82, 2.24) is 4.90 Å². The van der Waals surface area contributed by atoms with Crippen LogP contribution >= 0.6 is 0 Å². The van der Waals surface area contributed by atoms with Crippen molar-refractivity contribution in [2.24, 2.45) is 10.4 Å². The van der Waals surface area contributed by atoms with Gasteiger partial charge in [0, 0.05) is 0 Å². The van der Waals surface area contributed by atoms with E-state index < -0.39 is 0 Å². The van der Waals surface area contributed by atoms with Gasteiger partial charge >= 0.3 is 0 Å². The maximum Gasteiger partial charge on any atom is 0.240 e.